The highest BCUT2D eigenvalue weighted by molar-refractivity contribution is 5.77. The molecule has 1 saturated heterocycles. The number of nitrogens with two attached hydrogens (primary N) is 1. The SMILES string of the molecule is CC1CN(C)CCC1NC(=O)CC(C)(C)N. The molecule has 1 heterocycles. The Morgan fingerprint density at radius 1 is 1.56 bits per heavy atom. The third-order valence-corrected chi connectivity index (χ3v) is 3.07. The zero-order valence-electron chi connectivity index (χ0n) is 10.9. The average molecular weight is 227 g/mol. The molecule has 2 atom stereocenters. The maximum Gasteiger partial charge on any atom is 0.222 e. The molecule has 0 spiro atoms. The van der Waals surface area contributed by atoms with E-state index in [9.17, 15) is 4.79 Å². The second-order valence-electron chi connectivity index (χ2n) is 5.87. The van der Waals surface area contributed by atoms with Crippen molar-refractivity contribution in [2.24, 2.45) is 11.7 Å². The number of rotatable bonds is 3. The molecule has 2 unspecified atom stereocenters. The molecule has 1 aliphatic heterocycles. The van der Waals surface area contributed by atoms with Crippen molar-refractivity contribution in [2.75, 3.05) is 20.1 Å². The van der Waals surface area contributed by atoms with Crippen LogP contribution < -0.4 is 11.1 Å². The van der Waals surface area contributed by atoms with Crippen LogP contribution in [0.3, 0.4) is 0 Å². The Hall–Kier alpha value is -0.610. The summed E-state index contributed by atoms with van der Waals surface area (Å²) in [6.45, 7) is 8.06. The Labute approximate surface area is 98.6 Å². The highest BCUT2D eigenvalue weighted by atomic mass is 16.1. The first-order valence-electron chi connectivity index (χ1n) is 6.05. The summed E-state index contributed by atoms with van der Waals surface area (Å²) in [6, 6.07) is 0.311. The smallest absolute Gasteiger partial charge is 0.222 e. The van der Waals surface area contributed by atoms with Gasteiger partial charge in [-0.1, -0.05) is 6.92 Å². The number of nitrogens with zero attached hydrogens (tertiary/aromatic N) is 1. The summed E-state index contributed by atoms with van der Waals surface area (Å²) in [5, 5.41) is 3.10. The lowest BCUT2D eigenvalue weighted by molar-refractivity contribution is -0.123. The van der Waals surface area contributed by atoms with Gasteiger partial charge in [0.05, 0.1) is 0 Å². The first-order chi connectivity index (χ1) is 7.28. The van der Waals surface area contributed by atoms with Crippen molar-refractivity contribution < 1.29 is 4.79 Å². The average Bonchev–Trinajstić information content (AvgIpc) is 2.06. The van der Waals surface area contributed by atoms with E-state index in [0.717, 1.165) is 19.5 Å². The molecule has 4 heteroatoms. The standard InChI is InChI=1S/C12H25N3O/c1-9-8-15(4)6-5-10(9)14-11(16)7-12(2,3)13/h9-10H,5-8,13H2,1-4H3,(H,14,16). The molecule has 4 nitrogen and oxygen atoms in total. The number of hydrogen-bond donors (Lipinski definition) is 2. The van der Waals surface area contributed by atoms with E-state index in [1.165, 1.54) is 0 Å². The third-order valence-electron chi connectivity index (χ3n) is 3.07. The summed E-state index contributed by atoms with van der Waals surface area (Å²) < 4.78 is 0. The van der Waals surface area contributed by atoms with Gasteiger partial charge in [0.15, 0.2) is 0 Å². The summed E-state index contributed by atoms with van der Waals surface area (Å²) in [6.07, 6.45) is 1.43. The van der Waals surface area contributed by atoms with Crippen molar-refractivity contribution >= 4 is 5.91 Å². The van der Waals surface area contributed by atoms with Gasteiger partial charge in [0.2, 0.25) is 5.91 Å². The molecule has 0 radical (unpaired) electrons. The number of hydrogen-bond acceptors (Lipinski definition) is 3. The van der Waals surface area contributed by atoms with Crippen molar-refractivity contribution in [3.8, 4) is 0 Å². The Morgan fingerprint density at radius 3 is 2.69 bits per heavy atom. The van der Waals surface area contributed by atoms with Gasteiger partial charge in [-0.3, -0.25) is 4.79 Å². The molecule has 94 valence electrons. The van der Waals surface area contributed by atoms with Gasteiger partial charge in [0, 0.05) is 24.5 Å². The van der Waals surface area contributed by atoms with E-state index in [2.05, 4.69) is 24.2 Å². The van der Waals surface area contributed by atoms with Gasteiger partial charge in [-0.2, -0.15) is 0 Å². The number of carbonyl (C=O) groups excluding carboxylic acids is 1. The fourth-order valence-corrected chi connectivity index (χ4v) is 2.24. The van der Waals surface area contributed by atoms with E-state index in [4.69, 9.17) is 5.73 Å². The Balaban J connectivity index is 2.39. The van der Waals surface area contributed by atoms with E-state index in [1.54, 1.807) is 0 Å². The van der Waals surface area contributed by atoms with Crippen LogP contribution in [0, 0.1) is 5.92 Å². The molecule has 16 heavy (non-hydrogen) atoms. The molecule has 0 bridgehead atoms. The van der Waals surface area contributed by atoms with E-state index in [0.29, 0.717) is 18.4 Å². The van der Waals surface area contributed by atoms with Gasteiger partial charge >= 0.3 is 0 Å². The fraction of sp³-hybridized carbons (Fsp3) is 0.917. The normalized spacial score (nSPS) is 27.8. The number of likely N-dealkylation sites (tertiary alicyclic amines) is 1. The molecule has 0 aromatic heterocycles. The minimum atomic E-state index is -0.418. The van der Waals surface area contributed by atoms with E-state index < -0.39 is 5.54 Å². The maximum atomic E-state index is 11.7. The van der Waals surface area contributed by atoms with Crippen LogP contribution in [0.1, 0.15) is 33.6 Å². The summed E-state index contributed by atoms with van der Waals surface area (Å²) >= 11 is 0. The molecule has 1 fully saturated rings. The van der Waals surface area contributed by atoms with Gasteiger partial charge in [-0.15, -0.1) is 0 Å². The quantitative estimate of drug-likeness (QED) is 0.741. The zero-order chi connectivity index (χ0) is 12.3. The molecule has 0 saturated carbocycles. The van der Waals surface area contributed by atoms with E-state index >= 15 is 0 Å². The summed E-state index contributed by atoms with van der Waals surface area (Å²) in [5.74, 6) is 0.595. The van der Waals surface area contributed by atoms with Crippen molar-refractivity contribution in [2.45, 2.75) is 45.2 Å². The third kappa shape index (κ3) is 4.49. The van der Waals surface area contributed by atoms with Crippen LogP contribution >= 0.6 is 0 Å². The molecule has 0 aromatic rings. The van der Waals surface area contributed by atoms with Gasteiger partial charge < -0.3 is 16.0 Å². The monoisotopic (exact) mass is 227 g/mol. The van der Waals surface area contributed by atoms with Crippen LogP contribution in [0.15, 0.2) is 0 Å². The maximum absolute atomic E-state index is 11.7. The van der Waals surface area contributed by atoms with Crippen molar-refractivity contribution in [1.29, 1.82) is 0 Å². The lowest BCUT2D eigenvalue weighted by Crippen LogP contribution is -2.50. The summed E-state index contributed by atoms with van der Waals surface area (Å²) in [5.41, 5.74) is 5.41. The fourth-order valence-electron chi connectivity index (χ4n) is 2.24. The van der Waals surface area contributed by atoms with Gasteiger partial charge in [-0.25, -0.2) is 0 Å². The molecular formula is C12H25N3O. The number of piperidine rings is 1. The minimum Gasteiger partial charge on any atom is -0.353 e. The minimum absolute atomic E-state index is 0.0777. The largest absolute Gasteiger partial charge is 0.353 e. The van der Waals surface area contributed by atoms with Crippen LogP contribution in [-0.4, -0.2) is 42.5 Å². The van der Waals surface area contributed by atoms with Gasteiger partial charge in [0.25, 0.3) is 0 Å². The predicted molar refractivity (Wildman–Crippen MR) is 66.1 cm³/mol. The number of amides is 1. The van der Waals surface area contributed by atoms with E-state index in [-0.39, 0.29) is 5.91 Å². The second kappa shape index (κ2) is 5.15. The van der Waals surface area contributed by atoms with Crippen molar-refractivity contribution in [1.82, 2.24) is 10.2 Å². The molecule has 0 aromatic carbocycles. The molecule has 3 N–H and O–H groups in total. The topological polar surface area (TPSA) is 58.4 Å². The first-order valence-corrected chi connectivity index (χ1v) is 6.05. The zero-order valence-corrected chi connectivity index (χ0v) is 10.9. The Bertz CT molecular complexity index is 247. The van der Waals surface area contributed by atoms with Crippen molar-refractivity contribution in [3.63, 3.8) is 0 Å². The summed E-state index contributed by atoms with van der Waals surface area (Å²) in [4.78, 5) is 14.1. The van der Waals surface area contributed by atoms with Crippen LogP contribution in [0.5, 0.6) is 0 Å². The highest BCUT2D eigenvalue weighted by Crippen LogP contribution is 2.16. The van der Waals surface area contributed by atoms with Crippen LogP contribution in [0.25, 0.3) is 0 Å². The Morgan fingerprint density at radius 2 is 2.19 bits per heavy atom. The van der Waals surface area contributed by atoms with Gasteiger partial charge in [-0.05, 0) is 39.8 Å². The second-order valence-corrected chi connectivity index (χ2v) is 5.87. The van der Waals surface area contributed by atoms with Crippen LogP contribution in [-0.2, 0) is 4.79 Å². The lowest BCUT2D eigenvalue weighted by Gasteiger charge is -2.35. The number of carbonyl (C=O) groups is 1. The van der Waals surface area contributed by atoms with Crippen LogP contribution in [0.2, 0.25) is 0 Å². The highest BCUT2D eigenvalue weighted by Gasteiger charge is 2.26. The molecule has 1 rings (SSSR count). The number of nitrogens with one attached hydrogen (secondary N) is 1. The molecular weight excluding hydrogens is 202 g/mol. The molecule has 1 amide bonds. The summed E-state index contributed by atoms with van der Waals surface area (Å²) in [7, 11) is 2.12. The van der Waals surface area contributed by atoms with Crippen molar-refractivity contribution in [3.05, 3.63) is 0 Å². The first kappa shape index (κ1) is 13.5. The van der Waals surface area contributed by atoms with Gasteiger partial charge in [0.1, 0.15) is 0 Å². The van der Waals surface area contributed by atoms with E-state index in [1.807, 2.05) is 13.8 Å². The van der Waals surface area contributed by atoms with Crippen LogP contribution in [0.4, 0.5) is 0 Å². The molecule has 0 aliphatic carbocycles. The predicted octanol–water partition coefficient (Wildman–Crippen LogP) is 0.570. The lowest BCUT2D eigenvalue weighted by atomic mass is 9.93. The Kier molecular flexibility index (Phi) is 4.33. The molecule has 1 aliphatic rings.